The number of aliphatic hydroxyl groups excluding tert-OH is 4. The Morgan fingerprint density at radius 3 is 0.688 bits per heavy atom. The average molecular weight is 1290 g/mol. The van der Waals surface area contributed by atoms with Crippen molar-refractivity contribution in [3.8, 4) is 69.0 Å². The molecule has 93 heavy (non-hydrogen) atoms. The smallest absolute Gasteiger partial charge is 0.183 e. The van der Waals surface area contributed by atoms with Gasteiger partial charge in [-0.2, -0.15) is 0 Å². The van der Waals surface area contributed by atoms with Crippen LogP contribution in [-0.4, -0.2) is 105 Å². The van der Waals surface area contributed by atoms with Crippen LogP contribution in [0.4, 0.5) is 0 Å². The zero-order chi connectivity index (χ0) is 70.1. The first-order valence-electron chi connectivity index (χ1n) is 32.5. The Morgan fingerprint density at radius 2 is 0.505 bits per heavy atom. The second-order valence-corrected chi connectivity index (χ2v) is 26.7. The summed E-state index contributed by atoms with van der Waals surface area (Å²) in [5.41, 5.74) is -9.33. The third-order valence-electron chi connectivity index (χ3n) is 19.1. The van der Waals surface area contributed by atoms with E-state index in [1.165, 1.54) is 27.7 Å². The molecule has 508 valence electrons. The van der Waals surface area contributed by atoms with Gasteiger partial charge in [-0.3, -0.25) is 19.2 Å². The van der Waals surface area contributed by atoms with E-state index in [9.17, 15) is 101 Å². The Morgan fingerprint density at radius 1 is 0.312 bits per heavy atom. The lowest BCUT2D eigenvalue weighted by atomic mass is 9.72. The number of carbonyl (C=O) groups excluding carboxylic acids is 4. The SMILES string of the molecule is CCCC(=O)C1=C(O)C(Cc2c(O)c(Cc3c(O)c(Cc4c(O)c(Cc5c(O)c(CC6=C(O)C(C)(C)C(=O)C(C(=O)CCC)=C6O)c(O)c(C(C)CCC)c5O)c(O)c(C(C)CCC)c4O)c(O)c(C(C)CCC)c3O)c(O)c(C(C)CCC)c2O)=C(O)C(C)(C)C1=O. The number of phenolic OH excluding ortho intramolecular Hbond substituents is 12. The van der Waals surface area contributed by atoms with Gasteiger partial charge in [-0.05, 0) is 89.9 Å². The quantitative estimate of drug-likeness (QED) is 0.0235. The summed E-state index contributed by atoms with van der Waals surface area (Å²) in [6.07, 6.45) is -0.0913. The minimum absolute atomic E-state index is 0.119. The molecule has 2 aliphatic carbocycles. The highest BCUT2D eigenvalue weighted by Crippen LogP contribution is 2.57. The number of allylic oxidation sites excluding steroid dienone is 6. The van der Waals surface area contributed by atoms with Crippen LogP contribution in [0.3, 0.4) is 0 Å². The molecule has 20 nitrogen and oxygen atoms in total. The number of phenols is 12. The van der Waals surface area contributed by atoms with Crippen molar-refractivity contribution in [3.63, 3.8) is 0 Å². The maximum atomic E-state index is 13.7. The molecule has 0 saturated heterocycles. The highest BCUT2D eigenvalue weighted by atomic mass is 16.3. The van der Waals surface area contributed by atoms with Crippen molar-refractivity contribution >= 4 is 23.1 Å². The summed E-state index contributed by atoms with van der Waals surface area (Å²) in [7, 11) is 0. The van der Waals surface area contributed by atoms with Gasteiger partial charge in [-0.15, -0.1) is 0 Å². The molecule has 0 aromatic heterocycles. The number of rotatable bonds is 28. The van der Waals surface area contributed by atoms with Crippen LogP contribution < -0.4 is 0 Å². The van der Waals surface area contributed by atoms with Crippen LogP contribution in [0, 0.1) is 10.8 Å². The van der Waals surface area contributed by atoms with E-state index in [4.69, 9.17) is 0 Å². The van der Waals surface area contributed by atoms with Crippen LogP contribution in [0.2, 0.25) is 0 Å². The molecule has 0 spiro atoms. The Kier molecular flexibility index (Phi) is 22.6. The molecule has 4 atom stereocenters. The molecule has 2 aliphatic rings. The third-order valence-corrected chi connectivity index (χ3v) is 19.1. The number of benzene rings is 4. The maximum Gasteiger partial charge on any atom is 0.183 e. The number of aliphatic hydroxyl groups is 4. The molecule has 0 heterocycles. The molecule has 6 rings (SSSR count). The van der Waals surface area contributed by atoms with E-state index >= 15 is 0 Å². The molecular weight excluding hydrogens is 1200 g/mol. The molecule has 20 heteroatoms. The molecule has 0 radical (unpaired) electrons. The lowest BCUT2D eigenvalue weighted by Crippen LogP contribution is -2.36. The van der Waals surface area contributed by atoms with Crippen LogP contribution in [-0.2, 0) is 51.3 Å². The van der Waals surface area contributed by atoms with E-state index in [0.717, 1.165) is 0 Å². The van der Waals surface area contributed by atoms with Crippen LogP contribution in [0.1, 0.15) is 264 Å². The van der Waals surface area contributed by atoms with Gasteiger partial charge in [0.2, 0.25) is 0 Å². The maximum absolute atomic E-state index is 13.7. The fraction of sp³-hybridized carbons (Fsp3) is 0.507. The molecule has 16 N–H and O–H groups in total. The lowest BCUT2D eigenvalue weighted by molar-refractivity contribution is -0.128. The van der Waals surface area contributed by atoms with E-state index in [0.29, 0.717) is 64.2 Å². The molecule has 4 aromatic rings. The van der Waals surface area contributed by atoms with Gasteiger partial charge < -0.3 is 81.7 Å². The second-order valence-electron chi connectivity index (χ2n) is 26.7. The highest BCUT2D eigenvalue weighted by Gasteiger charge is 2.48. The summed E-state index contributed by atoms with van der Waals surface area (Å²) in [4.78, 5) is 54.2. The van der Waals surface area contributed by atoms with Crippen LogP contribution in [0.25, 0.3) is 0 Å². The van der Waals surface area contributed by atoms with Gasteiger partial charge in [0, 0.05) is 123 Å². The van der Waals surface area contributed by atoms with Crippen molar-refractivity contribution in [2.24, 2.45) is 10.8 Å². The van der Waals surface area contributed by atoms with Gasteiger partial charge in [-0.25, -0.2) is 0 Å². The standard InChI is InChI=1S/C73H96O20/c1-15-21-32(7)48-58(80)36(54(76)38(60(48)82)28-40-56(78)42(64(86)50(62(40)84)34(9)23-17-3)30-44-66(88)52(46(74)25-19-5)70(92)72(11,12)68(44)90)27-37-55(77)39(61(83)49(59(37)81)33(8)22-16-2)29-41-57(79)43(65(87)51(63(41)85)35(10)24-18-4)31-45-67(89)53(47(75)26-20-6)71(93)73(13,14)69(45)91/h32-35,76-91H,15-31H2,1-14H3. The first kappa shape index (κ1) is 73.4. The van der Waals surface area contributed by atoms with Gasteiger partial charge in [0.1, 0.15) is 103 Å². The molecule has 4 unspecified atom stereocenters. The Hall–Kier alpha value is -8.68. The summed E-state index contributed by atoms with van der Waals surface area (Å²) in [5, 5.41) is 196. The molecule has 0 aliphatic heterocycles. The van der Waals surface area contributed by atoms with Crippen molar-refractivity contribution in [2.45, 2.75) is 230 Å². The van der Waals surface area contributed by atoms with Crippen LogP contribution in [0.15, 0.2) is 45.3 Å². The van der Waals surface area contributed by atoms with Crippen molar-refractivity contribution in [3.05, 3.63) is 112 Å². The minimum atomic E-state index is -1.77. The van der Waals surface area contributed by atoms with E-state index < -0.39 is 237 Å². The number of aromatic hydroxyl groups is 12. The largest absolute Gasteiger partial charge is 0.511 e. The van der Waals surface area contributed by atoms with E-state index in [1.54, 1.807) is 41.5 Å². The van der Waals surface area contributed by atoms with E-state index in [-0.39, 0.29) is 46.2 Å². The lowest BCUT2D eigenvalue weighted by Gasteiger charge is -2.31. The summed E-state index contributed by atoms with van der Waals surface area (Å²) in [6.45, 7) is 22.8. The van der Waals surface area contributed by atoms with Crippen LogP contribution >= 0.6 is 0 Å². The van der Waals surface area contributed by atoms with Crippen molar-refractivity contribution < 1.29 is 101 Å². The second kappa shape index (κ2) is 28.7. The monoisotopic (exact) mass is 1290 g/mol. The number of hydrogen-bond donors (Lipinski definition) is 16. The van der Waals surface area contributed by atoms with Crippen molar-refractivity contribution in [1.29, 1.82) is 0 Å². The fourth-order valence-electron chi connectivity index (χ4n) is 13.7. The number of ketones is 4. The Labute approximate surface area is 543 Å². The fourth-order valence-corrected chi connectivity index (χ4v) is 13.7. The van der Waals surface area contributed by atoms with Crippen molar-refractivity contribution in [2.75, 3.05) is 0 Å². The van der Waals surface area contributed by atoms with Gasteiger partial charge in [0.05, 0.1) is 10.8 Å². The Balaban J connectivity index is 1.66. The molecule has 0 saturated carbocycles. The van der Waals surface area contributed by atoms with E-state index in [1.807, 2.05) is 27.7 Å². The summed E-state index contributed by atoms with van der Waals surface area (Å²) < 4.78 is 0. The Bertz CT molecular complexity index is 3550. The molecular formula is C73H96O20. The molecule has 0 bridgehead atoms. The molecule has 0 amide bonds. The minimum Gasteiger partial charge on any atom is -0.511 e. The number of Topliss-reactive ketones (excluding diaryl/α,β-unsaturated/α-hetero) is 4. The first-order chi connectivity index (χ1) is 43.5. The van der Waals surface area contributed by atoms with Crippen molar-refractivity contribution in [1.82, 2.24) is 0 Å². The van der Waals surface area contributed by atoms with Gasteiger partial charge >= 0.3 is 0 Å². The third kappa shape index (κ3) is 13.1. The number of hydrogen-bond acceptors (Lipinski definition) is 20. The van der Waals surface area contributed by atoms with Gasteiger partial charge in [-0.1, -0.05) is 94.9 Å². The molecule has 4 aromatic carbocycles. The summed E-state index contributed by atoms with van der Waals surface area (Å²) in [6, 6.07) is 0. The average Bonchev–Trinajstić information content (AvgIpc) is 0.755. The highest BCUT2D eigenvalue weighted by molar-refractivity contribution is 6.25. The van der Waals surface area contributed by atoms with Gasteiger partial charge in [0.15, 0.2) is 23.1 Å². The predicted octanol–water partition coefficient (Wildman–Crippen LogP) is 14.8. The number of carbonyl (C=O) groups is 4. The summed E-state index contributed by atoms with van der Waals surface area (Å²) in [5.74, 6) is -18.0. The predicted molar refractivity (Wildman–Crippen MR) is 351 cm³/mol. The zero-order valence-corrected chi connectivity index (χ0v) is 56.1. The molecule has 0 fully saturated rings. The topological polar surface area (TPSA) is 392 Å². The normalized spacial score (nSPS) is 16.4. The van der Waals surface area contributed by atoms with Crippen LogP contribution in [0.5, 0.6) is 69.0 Å². The zero-order valence-electron chi connectivity index (χ0n) is 56.1. The first-order valence-corrected chi connectivity index (χ1v) is 32.5. The van der Waals surface area contributed by atoms with E-state index in [2.05, 4.69) is 0 Å². The van der Waals surface area contributed by atoms with Gasteiger partial charge in [0.25, 0.3) is 0 Å². The summed E-state index contributed by atoms with van der Waals surface area (Å²) >= 11 is 0.